The van der Waals surface area contributed by atoms with Gasteiger partial charge in [-0.15, -0.1) is 0 Å². The maximum Gasteiger partial charge on any atom is 0.241 e. The van der Waals surface area contributed by atoms with Crippen LogP contribution in [0.15, 0.2) is 59.5 Å². The topological polar surface area (TPSA) is 55.4 Å². The van der Waals surface area contributed by atoms with E-state index in [2.05, 4.69) is 4.72 Å². The van der Waals surface area contributed by atoms with Gasteiger partial charge in [-0.25, -0.2) is 13.1 Å². The second-order valence-electron chi connectivity index (χ2n) is 7.40. The first-order valence-corrected chi connectivity index (χ1v) is 10.9. The van der Waals surface area contributed by atoms with Crippen LogP contribution >= 0.6 is 0 Å². The molecule has 0 atom stereocenters. The zero-order valence-corrected chi connectivity index (χ0v) is 15.7. The predicted molar refractivity (Wildman–Crippen MR) is 102 cm³/mol. The van der Waals surface area contributed by atoms with E-state index in [1.165, 1.54) is 12.8 Å². The van der Waals surface area contributed by atoms with E-state index < -0.39 is 15.6 Å². The summed E-state index contributed by atoms with van der Waals surface area (Å²) in [4.78, 5) is 0.290. The van der Waals surface area contributed by atoms with Crippen molar-refractivity contribution in [3.8, 4) is 5.75 Å². The van der Waals surface area contributed by atoms with Crippen molar-refractivity contribution < 1.29 is 13.2 Å². The van der Waals surface area contributed by atoms with Gasteiger partial charge in [-0.05, 0) is 74.8 Å². The molecular weight excluding hydrogens is 346 g/mol. The van der Waals surface area contributed by atoms with E-state index in [1.54, 1.807) is 24.3 Å². The predicted octanol–water partition coefficient (Wildman–Crippen LogP) is 4.37. The fourth-order valence-corrected chi connectivity index (χ4v) is 5.40. The lowest BCUT2D eigenvalue weighted by Crippen LogP contribution is -2.50. The first-order chi connectivity index (χ1) is 12.6. The Morgan fingerprint density at radius 3 is 2.12 bits per heavy atom. The molecule has 5 heteroatoms. The largest absolute Gasteiger partial charge is 0.490 e. The maximum atomic E-state index is 12.9. The Balaban J connectivity index is 1.51. The first kappa shape index (κ1) is 17.6. The summed E-state index contributed by atoms with van der Waals surface area (Å²) in [5, 5.41) is 0. The Morgan fingerprint density at radius 2 is 1.54 bits per heavy atom. The summed E-state index contributed by atoms with van der Waals surface area (Å²) in [6.45, 7) is 0. The Bertz CT molecular complexity index is 837. The molecular formula is C21H25NO3S. The molecule has 2 fully saturated rings. The second kappa shape index (κ2) is 7.05. The Hall–Kier alpha value is -1.85. The standard InChI is InChI=1S/C21H25NO3S/c23-26(24,22-21(15-6-16-21)17-7-2-1-3-8-17)20-13-11-19(12-14-20)25-18-9-4-5-10-18/h1-3,7-8,11-14,18,22H,4-6,9-10,15-16H2. The maximum absolute atomic E-state index is 12.9. The fourth-order valence-electron chi connectivity index (χ4n) is 3.95. The summed E-state index contributed by atoms with van der Waals surface area (Å²) in [5.74, 6) is 0.747. The number of hydrogen-bond acceptors (Lipinski definition) is 3. The fraction of sp³-hybridized carbons (Fsp3) is 0.429. The SMILES string of the molecule is O=S(=O)(NC1(c2ccccc2)CCC1)c1ccc(OC2CCCC2)cc1. The lowest BCUT2D eigenvalue weighted by atomic mass is 9.73. The van der Waals surface area contributed by atoms with Crippen LogP contribution in [0.5, 0.6) is 5.75 Å². The van der Waals surface area contributed by atoms with Crippen LogP contribution in [0.3, 0.4) is 0 Å². The van der Waals surface area contributed by atoms with Gasteiger partial charge in [0.1, 0.15) is 5.75 Å². The molecule has 4 rings (SSSR count). The van der Waals surface area contributed by atoms with Gasteiger partial charge in [-0.2, -0.15) is 0 Å². The zero-order chi connectivity index (χ0) is 18.0. The van der Waals surface area contributed by atoms with Crippen LogP contribution in [-0.4, -0.2) is 14.5 Å². The molecule has 0 saturated heterocycles. The van der Waals surface area contributed by atoms with E-state index in [0.717, 1.165) is 43.4 Å². The van der Waals surface area contributed by atoms with Crippen LogP contribution in [0.25, 0.3) is 0 Å². The third-order valence-corrected chi connectivity index (χ3v) is 7.15. The lowest BCUT2D eigenvalue weighted by Gasteiger charge is -2.42. The first-order valence-electron chi connectivity index (χ1n) is 9.44. The van der Waals surface area contributed by atoms with E-state index >= 15 is 0 Å². The Morgan fingerprint density at radius 1 is 0.885 bits per heavy atom. The summed E-state index contributed by atoms with van der Waals surface area (Å²) < 4.78 is 34.7. The molecule has 0 bridgehead atoms. The molecule has 26 heavy (non-hydrogen) atoms. The van der Waals surface area contributed by atoms with Crippen molar-refractivity contribution in [2.24, 2.45) is 0 Å². The van der Waals surface area contributed by atoms with Crippen molar-refractivity contribution in [1.82, 2.24) is 4.72 Å². The molecule has 2 aromatic carbocycles. The summed E-state index contributed by atoms with van der Waals surface area (Å²) in [6, 6.07) is 16.7. The quantitative estimate of drug-likeness (QED) is 0.820. The molecule has 138 valence electrons. The van der Waals surface area contributed by atoms with Gasteiger partial charge in [0.2, 0.25) is 10.0 Å². The molecule has 2 aliphatic carbocycles. The smallest absolute Gasteiger partial charge is 0.241 e. The molecule has 2 aliphatic rings. The number of sulfonamides is 1. The normalized spacial score (nSPS) is 19.8. The van der Waals surface area contributed by atoms with Crippen LogP contribution < -0.4 is 9.46 Å². The van der Waals surface area contributed by atoms with Gasteiger partial charge in [-0.3, -0.25) is 0 Å². The van der Waals surface area contributed by atoms with Gasteiger partial charge < -0.3 is 4.74 Å². The molecule has 0 radical (unpaired) electrons. The van der Waals surface area contributed by atoms with Crippen molar-refractivity contribution in [3.05, 3.63) is 60.2 Å². The minimum atomic E-state index is -3.58. The van der Waals surface area contributed by atoms with Gasteiger partial charge in [0, 0.05) is 0 Å². The number of rotatable bonds is 6. The van der Waals surface area contributed by atoms with Gasteiger partial charge in [0.05, 0.1) is 16.5 Å². The summed E-state index contributed by atoms with van der Waals surface area (Å²) in [6.07, 6.45) is 7.56. The highest BCUT2D eigenvalue weighted by Gasteiger charge is 2.42. The van der Waals surface area contributed by atoms with E-state index in [0.29, 0.717) is 4.90 Å². The minimum absolute atomic E-state index is 0.270. The van der Waals surface area contributed by atoms with Crippen molar-refractivity contribution in [2.75, 3.05) is 0 Å². The van der Waals surface area contributed by atoms with Gasteiger partial charge in [0.25, 0.3) is 0 Å². The van der Waals surface area contributed by atoms with Gasteiger partial charge in [0.15, 0.2) is 0 Å². The van der Waals surface area contributed by atoms with Crippen LogP contribution in [0, 0.1) is 0 Å². The molecule has 0 aliphatic heterocycles. The molecule has 4 nitrogen and oxygen atoms in total. The van der Waals surface area contributed by atoms with E-state index in [9.17, 15) is 8.42 Å². The van der Waals surface area contributed by atoms with Gasteiger partial charge >= 0.3 is 0 Å². The molecule has 0 amide bonds. The van der Waals surface area contributed by atoms with Crippen LogP contribution in [-0.2, 0) is 15.6 Å². The molecule has 2 aromatic rings. The highest BCUT2D eigenvalue weighted by molar-refractivity contribution is 7.89. The molecule has 0 heterocycles. The van der Waals surface area contributed by atoms with Crippen LogP contribution in [0.4, 0.5) is 0 Å². The zero-order valence-electron chi connectivity index (χ0n) is 14.9. The van der Waals surface area contributed by atoms with E-state index in [1.807, 2.05) is 30.3 Å². The van der Waals surface area contributed by atoms with Crippen LogP contribution in [0.1, 0.15) is 50.5 Å². The summed E-state index contributed by atoms with van der Waals surface area (Å²) >= 11 is 0. The summed E-state index contributed by atoms with van der Waals surface area (Å²) in [7, 11) is -3.58. The summed E-state index contributed by atoms with van der Waals surface area (Å²) in [5.41, 5.74) is 0.565. The lowest BCUT2D eigenvalue weighted by molar-refractivity contribution is 0.210. The second-order valence-corrected chi connectivity index (χ2v) is 9.09. The Kier molecular flexibility index (Phi) is 4.76. The monoisotopic (exact) mass is 371 g/mol. The molecule has 0 aromatic heterocycles. The average molecular weight is 372 g/mol. The molecule has 2 saturated carbocycles. The van der Waals surface area contributed by atoms with Crippen molar-refractivity contribution in [3.63, 3.8) is 0 Å². The average Bonchev–Trinajstić information content (AvgIpc) is 3.12. The third-order valence-electron chi connectivity index (χ3n) is 5.60. The minimum Gasteiger partial charge on any atom is -0.490 e. The third kappa shape index (κ3) is 3.51. The Labute approximate surface area is 155 Å². The number of benzene rings is 2. The van der Waals surface area contributed by atoms with Crippen LogP contribution in [0.2, 0.25) is 0 Å². The van der Waals surface area contributed by atoms with Crippen molar-refractivity contribution in [1.29, 1.82) is 0 Å². The molecule has 0 spiro atoms. The number of nitrogens with one attached hydrogen (secondary N) is 1. The highest BCUT2D eigenvalue weighted by Crippen LogP contribution is 2.42. The van der Waals surface area contributed by atoms with Gasteiger partial charge in [-0.1, -0.05) is 30.3 Å². The molecule has 1 N–H and O–H groups in total. The number of hydrogen-bond donors (Lipinski definition) is 1. The van der Waals surface area contributed by atoms with E-state index in [-0.39, 0.29) is 6.10 Å². The number of ether oxygens (including phenoxy) is 1. The van der Waals surface area contributed by atoms with Crippen molar-refractivity contribution in [2.45, 2.75) is 61.5 Å². The molecule has 0 unspecified atom stereocenters. The highest BCUT2D eigenvalue weighted by atomic mass is 32.2. The van der Waals surface area contributed by atoms with Crippen molar-refractivity contribution >= 4 is 10.0 Å². The van der Waals surface area contributed by atoms with E-state index in [4.69, 9.17) is 4.74 Å².